The van der Waals surface area contributed by atoms with Gasteiger partial charge < -0.3 is 15.5 Å². The number of likely N-dealkylation sites (tertiary alicyclic amines) is 1. The van der Waals surface area contributed by atoms with Crippen LogP contribution in [0, 0.1) is 0 Å². The van der Waals surface area contributed by atoms with Crippen LogP contribution in [-0.2, 0) is 4.79 Å². The van der Waals surface area contributed by atoms with Crippen molar-refractivity contribution in [3.8, 4) is 0 Å². The molecular formula is C16H31N3O. The molecule has 0 radical (unpaired) electrons. The van der Waals surface area contributed by atoms with Gasteiger partial charge in [-0.05, 0) is 45.7 Å². The first-order chi connectivity index (χ1) is 9.74. The molecule has 1 amide bonds. The third-order valence-electron chi connectivity index (χ3n) is 4.56. The molecule has 2 rings (SSSR count). The molecule has 0 bridgehead atoms. The summed E-state index contributed by atoms with van der Waals surface area (Å²) in [5, 5.41) is 6.53. The van der Waals surface area contributed by atoms with Crippen molar-refractivity contribution in [1.82, 2.24) is 15.5 Å². The number of hydrogen-bond acceptors (Lipinski definition) is 3. The summed E-state index contributed by atoms with van der Waals surface area (Å²) >= 11 is 0. The van der Waals surface area contributed by atoms with Crippen LogP contribution < -0.4 is 10.6 Å². The van der Waals surface area contributed by atoms with Crippen molar-refractivity contribution in [2.24, 2.45) is 0 Å². The minimum Gasteiger partial charge on any atom is -0.352 e. The molecule has 4 heteroatoms. The second-order valence-corrected chi connectivity index (χ2v) is 6.55. The Hall–Kier alpha value is -0.610. The van der Waals surface area contributed by atoms with E-state index in [9.17, 15) is 4.79 Å². The molecule has 20 heavy (non-hydrogen) atoms. The quantitative estimate of drug-likeness (QED) is 0.781. The Kier molecular flexibility index (Phi) is 6.80. The lowest BCUT2D eigenvalue weighted by molar-refractivity contribution is -0.121. The standard InChI is InChI=1S/C16H31N3O/c1-14(13-19-10-6-3-7-11-19)17-12-16(20)18-15-8-4-2-5-9-15/h14-15,17H,2-13H2,1H3,(H,18,20). The summed E-state index contributed by atoms with van der Waals surface area (Å²) in [5.41, 5.74) is 0. The van der Waals surface area contributed by atoms with Crippen LogP contribution in [0.15, 0.2) is 0 Å². The van der Waals surface area contributed by atoms with Gasteiger partial charge in [0.05, 0.1) is 6.54 Å². The smallest absolute Gasteiger partial charge is 0.234 e. The number of piperidine rings is 1. The highest BCUT2D eigenvalue weighted by atomic mass is 16.1. The first-order valence-electron chi connectivity index (χ1n) is 8.49. The third-order valence-corrected chi connectivity index (χ3v) is 4.56. The van der Waals surface area contributed by atoms with Crippen molar-refractivity contribution in [2.45, 2.75) is 70.4 Å². The van der Waals surface area contributed by atoms with E-state index in [0.717, 1.165) is 19.4 Å². The van der Waals surface area contributed by atoms with Crippen molar-refractivity contribution in [2.75, 3.05) is 26.2 Å². The maximum Gasteiger partial charge on any atom is 0.234 e. The SMILES string of the molecule is CC(CN1CCCCC1)NCC(=O)NC1CCCCC1. The molecule has 2 N–H and O–H groups in total. The lowest BCUT2D eigenvalue weighted by Crippen LogP contribution is -2.46. The molecule has 1 atom stereocenters. The molecule has 1 unspecified atom stereocenters. The lowest BCUT2D eigenvalue weighted by atomic mass is 9.95. The number of amides is 1. The van der Waals surface area contributed by atoms with Gasteiger partial charge in [-0.1, -0.05) is 25.7 Å². The fourth-order valence-electron chi connectivity index (χ4n) is 3.39. The predicted octanol–water partition coefficient (Wildman–Crippen LogP) is 1.90. The van der Waals surface area contributed by atoms with Crippen LogP contribution in [0.3, 0.4) is 0 Å². The van der Waals surface area contributed by atoms with Crippen LogP contribution in [0.1, 0.15) is 58.3 Å². The van der Waals surface area contributed by atoms with Crippen molar-refractivity contribution in [1.29, 1.82) is 0 Å². The molecule has 1 aliphatic heterocycles. The van der Waals surface area contributed by atoms with E-state index in [4.69, 9.17) is 0 Å². The summed E-state index contributed by atoms with van der Waals surface area (Å²) in [4.78, 5) is 14.4. The van der Waals surface area contributed by atoms with E-state index in [1.165, 1.54) is 51.6 Å². The van der Waals surface area contributed by atoms with Crippen LogP contribution in [-0.4, -0.2) is 49.1 Å². The highest BCUT2D eigenvalue weighted by Crippen LogP contribution is 2.17. The van der Waals surface area contributed by atoms with Crippen molar-refractivity contribution in [3.63, 3.8) is 0 Å². The average Bonchev–Trinajstić information content (AvgIpc) is 2.47. The normalized spacial score (nSPS) is 23.4. The largest absolute Gasteiger partial charge is 0.352 e. The zero-order chi connectivity index (χ0) is 14.2. The first kappa shape index (κ1) is 15.8. The zero-order valence-electron chi connectivity index (χ0n) is 13.0. The number of carbonyl (C=O) groups excluding carboxylic acids is 1. The van der Waals surface area contributed by atoms with Crippen LogP contribution in [0.4, 0.5) is 0 Å². The van der Waals surface area contributed by atoms with Gasteiger partial charge in [-0.15, -0.1) is 0 Å². The van der Waals surface area contributed by atoms with Crippen molar-refractivity contribution < 1.29 is 4.79 Å². The second-order valence-electron chi connectivity index (χ2n) is 6.55. The van der Waals surface area contributed by atoms with E-state index in [1.807, 2.05) is 0 Å². The van der Waals surface area contributed by atoms with Gasteiger partial charge in [-0.3, -0.25) is 4.79 Å². The van der Waals surface area contributed by atoms with Gasteiger partial charge in [0.15, 0.2) is 0 Å². The molecule has 2 aliphatic rings. The summed E-state index contributed by atoms with van der Waals surface area (Å²) in [6.45, 7) is 6.16. The van der Waals surface area contributed by atoms with E-state index < -0.39 is 0 Å². The number of rotatable bonds is 6. The van der Waals surface area contributed by atoms with E-state index in [1.54, 1.807) is 0 Å². The minimum atomic E-state index is 0.169. The van der Waals surface area contributed by atoms with Gasteiger partial charge in [0.1, 0.15) is 0 Å². The Labute approximate surface area is 123 Å². The van der Waals surface area contributed by atoms with Gasteiger partial charge in [-0.2, -0.15) is 0 Å². The molecule has 2 fully saturated rings. The molecule has 116 valence electrons. The first-order valence-corrected chi connectivity index (χ1v) is 8.49. The van der Waals surface area contributed by atoms with Gasteiger partial charge in [0.25, 0.3) is 0 Å². The Morgan fingerprint density at radius 1 is 1.10 bits per heavy atom. The number of carbonyl (C=O) groups is 1. The molecule has 0 aromatic rings. The van der Waals surface area contributed by atoms with Gasteiger partial charge in [0, 0.05) is 18.6 Å². The molecule has 1 heterocycles. The fraction of sp³-hybridized carbons (Fsp3) is 0.938. The summed E-state index contributed by atoms with van der Waals surface area (Å²) < 4.78 is 0. The van der Waals surface area contributed by atoms with Crippen LogP contribution in [0.5, 0.6) is 0 Å². The van der Waals surface area contributed by atoms with Crippen LogP contribution in [0.25, 0.3) is 0 Å². The molecule has 0 aromatic heterocycles. The zero-order valence-corrected chi connectivity index (χ0v) is 13.0. The van der Waals surface area contributed by atoms with Gasteiger partial charge in [-0.25, -0.2) is 0 Å². The van der Waals surface area contributed by atoms with E-state index in [-0.39, 0.29) is 5.91 Å². The van der Waals surface area contributed by atoms with Crippen molar-refractivity contribution >= 4 is 5.91 Å². The van der Waals surface area contributed by atoms with E-state index in [2.05, 4.69) is 22.5 Å². The summed E-state index contributed by atoms with van der Waals surface area (Å²) in [6.07, 6.45) is 10.2. The monoisotopic (exact) mass is 281 g/mol. The molecule has 1 saturated heterocycles. The number of hydrogen-bond donors (Lipinski definition) is 2. The van der Waals surface area contributed by atoms with Gasteiger partial charge in [0.2, 0.25) is 5.91 Å². The Morgan fingerprint density at radius 2 is 1.75 bits per heavy atom. The topological polar surface area (TPSA) is 44.4 Å². The molecule has 1 saturated carbocycles. The fourth-order valence-corrected chi connectivity index (χ4v) is 3.39. The molecule has 0 aromatic carbocycles. The molecule has 0 spiro atoms. The molecule has 1 aliphatic carbocycles. The van der Waals surface area contributed by atoms with Gasteiger partial charge >= 0.3 is 0 Å². The average molecular weight is 281 g/mol. The van der Waals surface area contributed by atoms with Crippen LogP contribution >= 0.6 is 0 Å². The number of nitrogens with zero attached hydrogens (tertiary/aromatic N) is 1. The lowest BCUT2D eigenvalue weighted by Gasteiger charge is -2.29. The Balaban J connectivity index is 1.57. The summed E-state index contributed by atoms with van der Waals surface area (Å²) in [7, 11) is 0. The molecular weight excluding hydrogens is 250 g/mol. The second kappa shape index (κ2) is 8.63. The highest BCUT2D eigenvalue weighted by molar-refractivity contribution is 5.78. The van der Waals surface area contributed by atoms with E-state index >= 15 is 0 Å². The summed E-state index contributed by atoms with van der Waals surface area (Å²) in [5.74, 6) is 0.169. The third kappa shape index (κ3) is 5.80. The number of nitrogens with one attached hydrogen (secondary N) is 2. The molecule has 4 nitrogen and oxygen atoms in total. The highest BCUT2D eigenvalue weighted by Gasteiger charge is 2.17. The maximum absolute atomic E-state index is 11.9. The minimum absolute atomic E-state index is 0.169. The summed E-state index contributed by atoms with van der Waals surface area (Å²) in [6, 6.07) is 0.820. The van der Waals surface area contributed by atoms with Crippen molar-refractivity contribution in [3.05, 3.63) is 0 Å². The Morgan fingerprint density at radius 3 is 2.45 bits per heavy atom. The maximum atomic E-state index is 11.9. The predicted molar refractivity (Wildman–Crippen MR) is 82.8 cm³/mol. The Bertz CT molecular complexity index is 283. The van der Waals surface area contributed by atoms with Crippen LogP contribution in [0.2, 0.25) is 0 Å². The van der Waals surface area contributed by atoms with E-state index in [0.29, 0.717) is 18.6 Å².